The van der Waals surface area contributed by atoms with Gasteiger partial charge in [0.1, 0.15) is 5.82 Å². The van der Waals surface area contributed by atoms with Crippen LogP contribution in [0, 0.1) is 12.8 Å². The lowest BCUT2D eigenvalue weighted by Crippen LogP contribution is -2.32. The molecule has 0 spiro atoms. The van der Waals surface area contributed by atoms with Crippen molar-refractivity contribution in [2.75, 3.05) is 16.8 Å². The van der Waals surface area contributed by atoms with Crippen molar-refractivity contribution < 1.29 is 0 Å². The standard InChI is InChI=1S/C37H36N4S/c1-4-33-31(29-17-16-27(22-24(29)2)15-14-26-12-13-26)18-19-36(39-33)41-21-20-28-8-7-9-30(32(28)23-41)25(3)38-37-40-34-10-5-6-11-35(34)42-37/h4-11,16-19,22,26H,1,3,12-15,20-21,23H2,2H3,(H,38,40). The van der Waals surface area contributed by atoms with E-state index < -0.39 is 0 Å². The third-order valence-electron chi connectivity index (χ3n) is 8.70. The van der Waals surface area contributed by atoms with Crippen LogP contribution in [0.5, 0.6) is 0 Å². The second kappa shape index (κ2) is 11.2. The molecule has 7 rings (SSSR count). The molecular formula is C37H36N4S. The Labute approximate surface area is 252 Å². The summed E-state index contributed by atoms with van der Waals surface area (Å²) in [6.07, 6.45) is 8.19. The first-order valence-electron chi connectivity index (χ1n) is 15.0. The summed E-state index contributed by atoms with van der Waals surface area (Å²) in [5.41, 5.74) is 11.7. The summed E-state index contributed by atoms with van der Waals surface area (Å²) in [4.78, 5) is 12.3. The second-order valence-corrected chi connectivity index (χ2v) is 12.7. The lowest BCUT2D eigenvalue weighted by atomic mass is 9.93. The number of para-hydroxylation sites is 1. The molecule has 0 saturated heterocycles. The number of hydrogen-bond acceptors (Lipinski definition) is 5. The highest BCUT2D eigenvalue weighted by Gasteiger charge is 2.23. The van der Waals surface area contributed by atoms with Gasteiger partial charge in [-0.3, -0.25) is 0 Å². The van der Waals surface area contributed by atoms with Gasteiger partial charge in [0.05, 0.1) is 15.9 Å². The van der Waals surface area contributed by atoms with Gasteiger partial charge < -0.3 is 10.2 Å². The zero-order valence-electron chi connectivity index (χ0n) is 24.2. The largest absolute Gasteiger partial charge is 0.352 e. The Kier molecular flexibility index (Phi) is 7.12. The first-order valence-corrected chi connectivity index (χ1v) is 15.8. The van der Waals surface area contributed by atoms with E-state index in [4.69, 9.17) is 9.97 Å². The normalized spacial score (nSPS) is 14.5. The van der Waals surface area contributed by atoms with E-state index in [1.807, 2.05) is 24.3 Å². The van der Waals surface area contributed by atoms with Gasteiger partial charge in [-0.25, -0.2) is 9.97 Å². The number of hydrogen-bond donors (Lipinski definition) is 1. The van der Waals surface area contributed by atoms with Crippen LogP contribution in [0.1, 0.15) is 52.8 Å². The van der Waals surface area contributed by atoms with Crippen molar-refractivity contribution in [3.8, 4) is 11.1 Å². The summed E-state index contributed by atoms with van der Waals surface area (Å²) < 4.78 is 1.17. The van der Waals surface area contributed by atoms with Crippen LogP contribution in [0.3, 0.4) is 0 Å². The Morgan fingerprint density at radius 2 is 1.88 bits per heavy atom. The van der Waals surface area contributed by atoms with Crippen molar-refractivity contribution in [3.63, 3.8) is 0 Å². The summed E-state index contributed by atoms with van der Waals surface area (Å²) in [5, 5.41) is 4.35. The second-order valence-electron chi connectivity index (χ2n) is 11.6. The van der Waals surface area contributed by atoms with Crippen LogP contribution in [-0.2, 0) is 19.4 Å². The molecule has 1 N–H and O–H groups in total. The van der Waals surface area contributed by atoms with E-state index >= 15 is 0 Å². The van der Waals surface area contributed by atoms with Gasteiger partial charge in [-0.05, 0) is 90.3 Å². The topological polar surface area (TPSA) is 41.1 Å². The van der Waals surface area contributed by atoms with E-state index in [0.29, 0.717) is 0 Å². The van der Waals surface area contributed by atoms with Gasteiger partial charge in [-0.15, -0.1) is 0 Å². The fraction of sp³-hybridized carbons (Fsp3) is 0.243. The van der Waals surface area contributed by atoms with E-state index in [1.165, 1.54) is 58.2 Å². The SMILES string of the molecule is C=Cc1nc(N2CCc3cccc(C(=C)Nc4nc5ccccc5s4)c3C2)ccc1-c1ccc(CCC2CC2)cc1C. The summed E-state index contributed by atoms with van der Waals surface area (Å²) >= 11 is 1.65. The molecule has 1 aliphatic carbocycles. The predicted molar refractivity (Wildman–Crippen MR) is 179 cm³/mol. The molecule has 0 atom stereocenters. The average Bonchev–Trinajstić information content (AvgIpc) is 3.76. The number of benzene rings is 3. The van der Waals surface area contributed by atoms with Gasteiger partial charge in [-0.2, -0.15) is 0 Å². The van der Waals surface area contributed by atoms with Gasteiger partial charge in [0.15, 0.2) is 5.13 Å². The Hall–Kier alpha value is -4.22. The van der Waals surface area contributed by atoms with Crippen LogP contribution in [0.25, 0.3) is 33.1 Å². The van der Waals surface area contributed by atoms with Gasteiger partial charge in [0.25, 0.3) is 0 Å². The monoisotopic (exact) mass is 568 g/mol. The van der Waals surface area contributed by atoms with Crippen LogP contribution in [-0.4, -0.2) is 16.5 Å². The van der Waals surface area contributed by atoms with Crippen LogP contribution in [0.2, 0.25) is 0 Å². The maximum absolute atomic E-state index is 5.12. The molecular weight excluding hydrogens is 533 g/mol. The van der Waals surface area contributed by atoms with Gasteiger partial charge >= 0.3 is 0 Å². The number of fused-ring (bicyclic) bond motifs is 2. The van der Waals surface area contributed by atoms with Crippen molar-refractivity contribution in [1.29, 1.82) is 0 Å². The molecule has 42 heavy (non-hydrogen) atoms. The van der Waals surface area contributed by atoms with E-state index in [-0.39, 0.29) is 0 Å². The summed E-state index contributed by atoms with van der Waals surface area (Å²) in [7, 11) is 0. The maximum atomic E-state index is 5.12. The van der Waals surface area contributed by atoms with Crippen molar-refractivity contribution in [2.24, 2.45) is 5.92 Å². The lowest BCUT2D eigenvalue weighted by molar-refractivity contribution is 0.719. The minimum atomic E-state index is 0.781. The smallest absolute Gasteiger partial charge is 0.188 e. The molecule has 5 heteroatoms. The van der Waals surface area contributed by atoms with Gasteiger partial charge in [0, 0.05) is 29.9 Å². The molecule has 2 aromatic heterocycles. The summed E-state index contributed by atoms with van der Waals surface area (Å²) in [6.45, 7) is 12.5. The van der Waals surface area contributed by atoms with Crippen LogP contribution >= 0.6 is 11.3 Å². The molecule has 3 aromatic carbocycles. The van der Waals surface area contributed by atoms with E-state index in [1.54, 1.807) is 11.3 Å². The number of rotatable bonds is 9. The maximum Gasteiger partial charge on any atom is 0.188 e. The highest BCUT2D eigenvalue weighted by molar-refractivity contribution is 7.22. The summed E-state index contributed by atoms with van der Waals surface area (Å²) in [5.74, 6) is 1.94. The van der Waals surface area contributed by atoms with Crippen molar-refractivity contribution >= 4 is 44.3 Å². The number of pyridine rings is 1. The third kappa shape index (κ3) is 5.37. The molecule has 0 unspecified atom stereocenters. The van der Waals surface area contributed by atoms with Crippen LogP contribution in [0.4, 0.5) is 10.9 Å². The fourth-order valence-electron chi connectivity index (χ4n) is 6.17. The number of anilines is 2. The number of nitrogens with one attached hydrogen (secondary N) is 1. The first kappa shape index (κ1) is 26.7. The Balaban J connectivity index is 1.12. The Bertz CT molecular complexity index is 1780. The molecule has 4 nitrogen and oxygen atoms in total. The van der Waals surface area contributed by atoms with Crippen molar-refractivity contribution in [3.05, 3.63) is 119 Å². The van der Waals surface area contributed by atoms with Crippen molar-refractivity contribution in [2.45, 2.75) is 45.6 Å². The number of thiazole rings is 1. The molecule has 5 aromatic rings. The zero-order chi connectivity index (χ0) is 28.6. The molecule has 1 saturated carbocycles. The zero-order valence-corrected chi connectivity index (χ0v) is 25.0. The predicted octanol–water partition coefficient (Wildman–Crippen LogP) is 9.30. The number of aromatic nitrogens is 2. The quantitative estimate of drug-likeness (QED) is 0.192. The van der Waals surface area contributed by atoms with E-state index in [2.05, 4.69) is 84.9 Å². The number of nitrogens with zero attached hydrogens (tertiary/aromatic N) is 3. The van der Waals surface area contributed by atoms with Crippen molar-refractivity contribution in [1.82, 2.24) is 9.97 Å². The minimum Gasteiger partial charge on any atom is -0.352 e. The minimum absolute atomic E-state index is 0.781. The molecule has 0 radical (unpaired) electrons. The highest BCUT2D eigenvalue weighted by atomic mass is 32.1. The third-order valence-corrected chi connectivity index (χ3v) is 9.65. The molecule has 1 fully saturated rings. The average molecular weight is 569 g/mol. The van der Waals surface area contributed by atoms with Gasteiger partial charge in [0.2, 0.25) is 0 Å². The van der Waals surface area contributed by atoms with Gasteiger partial charge in [-0.1, -0.05) is 85.9 Å². The highest BCUT2D eigenvalue weighted by Crippen LogP contribution is 2.36. The van der Waals surface area contributed by atoms with Crippen LogP contribution < -0.4 is 10.2 Å². The molecule has 0 amide bonds. The first-order chi connectivity index (χ1) is 20.6. The fourth-order valence-corrected chi connectivity index (χ4v) is 7.06. The molecule has 2 aliphatic rings. The number of aryl methyl sites for hydroxylation is 2. The van der Waals surface area contributed by atoms with Crippen LogP contribution in [0.15, 0.2) is 86.0 Å². The Morgan fingerprint density at radius 3 is 2.69 bits per heavy atom. The van der Waals surface area contributed by atoms with E-state index in [9.17, 15) is 0 Å². The molecule has 3 heterocycles. The van der Waals surface area contributed by atoms with E-state index in [0.717, 1.165) is 64.4 Å². The molecule has 0 bridgehead atoms. The summed E-state index contributed by atoms with van der Waals surface area (Å²) in [6, 6.07) is 26.1. The molecule has 1 aliphatic heterocycles. The Morgan fingerprint density at radius 1 is 1.02 bits per heavy atom. The molecule has 210 valence electrons. The lowest BCUT2D eigenvalue weighted by Gasteiger charge is -2.32.